The normalized spacial score (nSPS) is 36.5. The molecule has 1 N–H and O–H groups in total. The number of ketones is 1. The van der Waals surface area contributed by atoms with Crippen molar-refractivity contribution in [2.24, 2.45) is 16.7 Å². The van der Waals surface area contributed by atoms with Gasteiger partial charge in [-0.3, -0.25) is 4.79 Å². The number of rotatable bonds is 3. The van der Waals surface area contributed by atoms with Crippen LogP contribution < -0.4 is 0 Å². The van der Waals surface area contributed by atoms with Gasteiger partial charge in [-0.1, -0.05) is 27.2 Å². The quantitative estimate of drug-likeness (QED) is 0.904. The molecule has 0 saturated heterocycles. The number of carbonyl (C=O) groups is 1. The van der Waals surface area contributed by atoms with Crippen molar-refractivity contribution < 1.29 is 14.3 Å². The maximum absolute atomic E-state index is 12.8. The van der Waals surface area contributed by atoms with Gasteiger partial charge in [0, 0.05) is 11.3 Å². The van der Waals surface area contributed by atoms with Gasteiger partial charge in [0.2, 0.25) is 0 Å². The second-order valence-corrected chi connectivity index (χ2v) is 8.41. The molecule has 0 bridgehead atoms. The SMILES string of the molecule is CC1=CC(=O)[C@@H]2C(C)(C)CCC[C@@]2(C)[C@]1(O)CCc1ccoc1. The van der Waals surface area contributed by atoms with Crippen molar-refractivity contribution in [2.75, 3.05) is 0 Å². The van der Waals surface area contributed by atoms with E-state index in [1.807, 2.05) is 13.0 Å². The van der Waals surface area contributed by atoms with Crippen LogP contribution in [0.1, 0.15) is 58.9 Å². The molecule has 2 aliphatic carbocycles. The molecule has 1 heterocycles. The summed E-state index contributed by atoms with van der Waals surface area (Å²) in [7, 11) is 0. The molecule has 3 heteroatoms. The van der Waals surface area contributed by atoms with E-state index in [2.05, 4.69) is 20.8 Å². The fraction of sp³-hybridized carbons (Fsp3) is 0.650. The Kier molecular flexibility index (Phi) is 3.83. The van der Waals surface area contributed by atoms with Gasteiger partial charge in [-0.25, -0.2) is 0 Å². The minimum Gasteiger partial charge on any atom is -0.472 e. The summed E-state index contributed by atoms with van der Waals surface area (Å²) in [5.41, 5.74) is 0.528. The summed E-state index contributed by atoms with van der Waals surface area (Å²) in [6.07, 6.45) is 9.51. The van der Waals surface area contributed by atoms with Crippen LogP contribution in [-0.2, 0) is 11.2 Å². The predicted molar refractivity (Wildman–Crippen MR) is 90.0 cm³/mol. The van der Waals surface area contributed by atoms with E-state index >= 15 is 0 Å². The first-order valence-electron chi connectivity index (χ1n) is 8.67. The van der Waals surface area contributed by atoms with Gasteiger partial charge in [0.05, 0.1) is 18.1 Å². The average Bonchev–Trinajstić information content (AvgIpc) is 2.95. The molecule has 3 rings (SSSR count). The van der Waals surface area contributed by atoms with Crippen LogP contribution in [0.3, 0.4) is 0 Å². The van der Waals surface area contributed by atoms with E-state index in [1.54, 1.807) is 18.6 Å². The maximum Gasteiger partial charge on any atom is 0.160 e. The van der Waals surface area contributed by atoms with Gasteiger partial charge in [-0.05, 0) is 61.3 Å². The van der Waals surface area contributed by atoms with Gasteiger partial charge < -0.3 is 9.52 Å². The predicted octanol–water partition coefficient (Wildman–Crippen LogP) is 4.30. The maximum atomic E-state index is 12.8. The van der Waals surface area contributed by atoms with Crippen molar-refractivity contribution in [3.05, 3.63) is 35.8 Å². The summed E-state index contributed by atoms with van der Waals surface area (Å²) in [5.74, 6) is 0.0875. The Morgan fingerprint density at radius 2 is 2.04 bits per heavy atom. The molecular formula is C20H28O3. The molecule has 1 fully saturated rings. The van der Waals surface area contributed by atoms with E-state index < -0.39 is 11.0 Å². The first kappa shape index (κ1) is 16.5. The highest BCUT2D eigenvalue weighted by molar-refractivity contribution is 5.95. The van der Waals surface area contributed by atoms with Crippen LogP contribution in [0, 0.1) is 16.7 Å². The molecule has 0 amide bonds. The van der Waals surface area contributed by atoms with E-state index in [-0.39, 0.29) is 17.1 Å². The fourth-order valence-corrected chi connectivity index (χ4v) is 5.32. The number of carbonyl (C=O) groups excluding carboxylic acids is 1. The Bertz CT molecular complexity index is 625. The molecule has 0 radical (unpaired) electrons. The van der Waals surface area contributed by atoms with Crippen LogP contribution in [0.4, 0.5) is 0 Å². The molecule has 1 aromatic heterocycles. The highest BCUT2D eigenvalue weighted by Crippen LogP contribution is 2.61. The zero-order chi connectivity index (χ0) is 16.9. The molecule has 2 aliphatic rings. The van der Waals surface area contributed by atoms with Gasteiger partial charge in [0.15, 0.2) is 5.78 Å². The highest BCUT2D eigenvalue weighted by Gasteiger charge is 2.61. The molecule has 1 saturated carbocycles. The molecular weight excluding hydrogens is 288 g/mol. The Balaban J connectivity index is 2.00. The van der Waals surface area contributed by atoms with Gasteiger partial charge >= 0.3 is 0 Å². The number of hydrogen-bond donors (Lipinski definition) is 1. The molecule has 0 aliphatic heterocycles. The van der Waals surface area contributed by atoms with E-state index in [1.165, 1.54) is 0 Å². The Morgan fingerprint density at radius 1 is 1.30 bits per heavy atom. The summed E-state index contributed by atoms with van der Waals surface area (Å²) >= 11 is 0. The fourth-order valence-electron chi connectivity index (χ4n) is 5.32. The lowest BCUT2D eigenvalue weighted by molar-refractivity contribution is -0.163. The van der Waals surface area contributed by atoms with Crippen molar-refractivity contribution in [3.63, 3.8) is 0 Å². The molecule has 0 unspecified atom stereocenters. The summed E-state index contributed by atoms with van der Waals surface area (Å²) < 4.78 is 5.15. The van der Waals surface area contributed by atoms with E-state index in [9.17, 15) is 9.90 Å². The standard InChI is InChI=1S/C20H28O3/c1-14-12-16(21)17-18(2,3)8-5-9-19(17,4)20(14,22)10-6-15-7-11-23-13-15/h7,11-13,17,22H,5-6,8-10H2,1-4H3/t17-,19-,20+/m1/s1. The average molecular weight is 316 g/mol. The third kappa shape index (κ3) is 2.40. The second-order valence-electron chi connectivity index (χ2n) is 8.41. The lowest BCUT2D eigenvalue weighted by Gasteiger charge is -2.59. The van der Waals surface area contributed by atoms with E-state index in [0.717, 1.165) is 36.8 Å². The number of furan rings is 1. The largest absolute Gasteiger partial charge is 0.472 e. The van der Waals surface area contributed by atoms with Crippen LogP contribution in [0.25, 0.3) is 0 Å². The lowest BCUT2D eigenvalue weighted by atomic mass is 9.46. The van der Waals surface area contributed by atoms with Crippen molar-refractivity contribution in [1.29, 1.82) is 0 Å². The summed E-state index contributed by atoms with van der Waals surface area (Å²) in [4.78, 5) is 12.8. The minimum absolute atomic E-state index is 0.0646. The van der Waals surface area contributed by atoms with Crippen molar-refractivity contribution in [2.45, 2.75) is 65.4 Å². The van der Waals surface area contributed by atoms with Crippen molar-refractivity contribution in [1.82, 2.24) is 0 Å². The molecule has 1 aromatic rings. The van der Waals surface area contributed by atoms with Crippen LogP contribution >= 0.6 is 0 Å². The Labute approximate surface area is 138 Å². The van der Waals surface area contributed by atoms with E-state index in [4.69, 9.17) is 4.42 Å². The molecule has 3 atom stereocenters. The topological polar surface area (TPSA) is 50.4 Å². The first-order chi connectivity index (χ1) is 10.7. The number of hydrogen-bond acceptors (Lipinski definition) is 3. The van der Waals surface area contributed by atoms with Crippen molar-refractivity contribution >= 4 is 5.78 Å². The zero-order valence-corrected chi connectivity index (χ0v) is 14.7. The third-order valence-electron chi connectivity index (χ3n) is 6.53. The molecule has 0 spiro atoms. The highest BCUT2D eigenvalue weighted by atomic mass is 16.3. The molecule has 3 nitrogen and oxygen atoms in total. The molecule has 126 valence electrons. The minimum atomic E-state index is -0.930. The zero-order valence-electron chi connectivity index (χ0n) is 14.7. The summed E-state index contributed by atoms with van der Waals surface area (Å²) in [6.45, 7) is 8.40. The van der Waals surface area contributed by atoms with Crippen molar-refractivity contribution in [3.8, 4) is 0 Å². The number of aryl methyl sites for hydroxylation is 1. The Hall–Kier alpha value is -1.35. The Morgan fingerprint density at radius 3 is 2.70 bits per heavy atom. The molecule has 23 heavy (non-hydrogen) atoms. The summed E-state index contributed by atoms with van der Waals surface area (Å²) in [5, 5.41) is 11.7. The van der Waals surface area contributed by atoms with Crippen LogP contribution in [0.5, 0.6) is 0 Å². The van der Waals surface area contributed by atoms with Crippen LogP contribution in [0.15, 0.2) is 34.7 Å². The van der Waals surface area contributed by atoms with Gasteiger partial charge in [-0.15, -0.1) is 0 Å². The van der Waals surface area contributed by atoms with Gasteiger partial charge in [0.1, 0.15) is 0 Å². The lowest BCUT2D eigenvalue weighted by Crippen LogP contribution is -2.61. The number of fused-ring (bicyclic) bond motifs is 1. The van der Waals surface area contributed by atoms with Crippen LogP contribution in [-0.4, -0.2) is 16.5 Å². The summed E-state index contributed by atoms with van der Waals surface area (Å²) in [6, 6.07) is 1.95. The third-order valence-corrected chi connectivity index (χ3v) is 6.53. The molecule has 0 aromatic carbocycles. The van der Waals surface area contributed by atoms with E-state index in [0.29, 0.717) is 6.42 Å². The van der Waals surface area contributed by atoms with Crippen LogP contribution in [0.2, 0.25) is 0 Å². The first-order valence-corrected chi connectivity index (χ1v) is 8.67. The second kappa shape index (κ2) is 5.34. The van der Waals surface area contributed by atoms with Gasteiger partial charge in [-0.2, -0.15) is 0 Å². The monoisotopic (exact) mass is 316 g/mol. The number of allylic oxidation sites excluding steroid dienone is 1. The van der Waals surface area contributed by atoms with Gasteiger partial charge in [0.25, 0.3) is 0 Å². The smallest absolute Gasteiger partial charge is 0.160 e. The number of aliphatic hydroxyl groups is 1.